The summed E-state index contributed by atoms with van der Waals surface area (Å²) in [7, 11) is 3.32. The fourth-order valence-electron chi connectivity index (χ4n) is 2.26. The third kappa shape index (κ3) is 3.57. The Bertz CT molecular complexity index is 594. The molecule has 0 atom stereocenters. The summed E-state index contributed by atoms with van der Waals surface area (Å²) < 4.78 is 11.7. The van der Waals surface area contributed by atoms with E-state index in [0.29, 0.717) is 0 Å². The van der Waals surface area contributed by atoms with Crippen LogP contribution in [0.5, 0.6) is 11.5 Å². The van der Waals surface area contributed by atoms with E-state index in [1.807, 2.05) is 36.4 Å². The zero-order chi connectivity index (χ0) is 15.2. The molecule has 0 saturated carbocycles. The van der Waals surface area contributed by atoms with E-state index in [0.717, 1.165) is 45.5 Å². The molecule has 0 aliphatic carbocycles. The Labute approximate surface area is 133 Å². The first-order valence-electron chi connectivity index (χ1n) is 6.82. The van der Waals surface area contributed by atoms with Crippen LogP contribution in [0, 0.1) is 0 Å². The van der Waals surface area contributed by atoms with Gasteiger partial charge in [-0.2, -0.15) is 0 Å². The molecule has 0 amide bonds. The largest absolute Gasteiger partial charge is 0.497 e. The van der Waals surface area contributed by atoms with Crippen molar-refractivity contribution in [3.8, 4) is 22.6 Å². The predicted molar refractivity (Wildman–Crippen MR) is 88.1 cm³/mol. The molecule has 3 nitrogen and oxygen atoms in total. The molecule has 0 aliphatic heterocycles. The van der Waals surface area contributed by atoms with Crippen LogP contribution < -0.4 is 9.47 Å². The molecule has 2 rings (SSSR count). The number of ether oxygens (including phenoxy) is 2. The quantitative estimate of drug-likeness (QED) is 0.853. The van der Waals surface area contributed by atoms with Gasteiger partial charge in [0, 0.05) is 16.6 Å². The summed E-state index contributed by atoms with van der Waals surface area (Å²) >= 11 is 3.68. The highest BCUT2D eigenvalue weighted by atomic mass is 79.9. The van der Waals surface area contributed by atoms with Gasteiger partial charge in [0.25, 0.3) is 0 Å². The highest BCUT2D eigenvalue weighted by Crippen LogP contribution is 2.39. The van der Waals surface area contributed by atoms with Gasteiger partial charge in [-0.1, -0.05) is 18.2 Å². The molecule has 0 fully saturated rings. The van der Waals surface area contributed by atoms with E-state index in [-0.39, 0.29) is 6.61 Å². The Balaban J connectivity index is 2.47. The number of aryl methyl sites for hydroxylation is 1. The highest BCUT2D eigenvalue weighted by molar-refractivity contribution is 9.10. The Hall–Kier alpha value is -1.52. The number of methoxy groups -OCH3 is 2. The van der Waals surface area contributed by atoms with Gasteiger partial charge in [-0.15, -0.1) is 0 Å². The number of benzene rings is 2. The van der Waals surface area contributed by atoms with E-state index in [4.69, 9.17) is 14.6 Å². The lowest BCUT2D eigenvalue weighted by atomic mass is 9.99. The van der Waals surface area contributed by atoms with Crippen LogP contribution in [-0.2, 0) is 6.42 Å². The maximum Gasteiger partial charge on any atom is 0.127 e. The molecule has 21 heavy (non-hydrogen) atoms. The Morgan fingerprint density at radius 1 is 1.00 bits per heavy atom. The van der Waals surface area contributed by atoms with Gasteiger partial charge >= 0.3 is 0 Å². The van der Waals surface area contributed by atoms with Gasteiger partial charge in [0.05, 0.1) is 14.2 Å². The second-order valence-corrected chi connectivity index (χ2v) is 5.46. The number of hydrogen-bond acceptors (Lipinski definition) is 3. The minimum atomic E-state index is 0.191. The smallest absolute Gasteiger partial charge is 0.127 e. The van der Waals surface area contributed by atoms with Crippen molar-refractivity contribution in [3.05, 3.63) is 46.4 Å². The first kappa shape index (κ1) is 15.9. The molecule has 2 aromatic rings. The van der Waals surface area contributed by atoms with Gasteiger partial charge in [-0.25, -0.2) is 0 Å². The zero-order valence-corrected chi connectivity index (χ0v) is 13.8. The summed E-state index contributed by atoms with van der Waals surface area (Å²) in [6.07, 6.45) is 1.57. The van der Waals surface area contributed by atoms with Gasteiger partial charge in [-0.3, -0.25) is 0 Å². The van der Waals surface area contributed by atoms with E-state index in [1.54, 1.807) is 14.2 Å². The lowest BCUT2D eigenvalue weighted by Crippen LogP contribution is -1.96. The summed E-state index contributed by atoms with van der Waals surface area (Å²) in [4.78, 5) is 0. The standard InChI is InChI=1S/C17H19BrO3/c1-20-14-8-5-12(6-9-14)16-15(21-2)10-7-13(17(16)18)4-3-11-19/h5-10,19H,3-4,11H2,1-2H3. The third-order valence-corrected chi connectivity index (χ3v) is 4.29. The molecule has 0 radical (unpaired) electrons. The van der Waals surface area contributed by atoms with Crippen LogP contribution in [0.15, 0.2) is 40.9 Å². The van der Waals surface area contributed by atoms with E-state index < -0.39 is 0 Å². The van der Waals surface area contributed by atoms with Crippen molar-refractivity contribution >= 4 is 15.9 Å². The van der Waals surface area contributed by atoms with Gasteiger partial charge in [-0.05, 0) is 58.1 Å². The Kier molecular flexibility index (Phi) is 5.65. The molecule has 112 valence electrons. The maximum absolute atomic E-state index is 9.01. The highest BCUT2D eigenvalue weighted by Gasteiger charge is 2.14. The monoisotopic (exact) mass is 350 g/mol. The minimum absolute atomic E-state index is 0.191. The van der Waals surface area contributed by atoms with Crippen molar-refractivity contribution < 1.29 is 14.6 Å². The lowest BCUT2D eigenvalue weighted by molar-refractivity contribution is 0.288. The predicted octanol–water partition coefficient (Wildman–Crippen LogP) is 4.06. The van der Waals surface area contributed by atoms with Gasteiger partial charge < -0.3 is 14.6 Å². The normalized spacial score (nSPS) is 10.5. The molecule has 0 heterocycles. The first-order chi connectivity index (χ1) is 10.2. The Morgan fingerprint density at radius 3 is 2.29 bits per heavy atom. The van der Waals surface area contributed by atoms with Crippen LogP contribution in [0.3, 0.4) is 0 Å². The summed E-state index contributed by atoms with van der Waals surface area (Å²) in [6.45, 7) is 0.191. The van der Waals surface area contributed by atoms with Crippen molar-refractivity contribution in [3.63, 3.8) is 0 Å². The second-order valence-electron chi connectivity index (χ2n) is 4.67. The molecular formula is C17H19BrO3. The summed E-state index contributed by atoms with van der Waals surface area (Å²) in [5.74, 6) is 1.64. The van der Waals surface area contributed by atoms with Crippen LogP contribution >= 0.6 is 15.9 Å². The molecular weight excluding hydrogens is 332 g/mol. The minimum Gasteiger partial charge on any atom is -0.497 e. The average Bonchev–Trinajstić information content (AvgIpc) is 2.53. The fraction of sp³-hybridized carbons (Fsp3) is 0.294. The molecule has 0 aliphatic rings. The average molecular weight is 351 g/mol. The molecule has 1 N–H and O–H groups in total. The molecule has 0 spiro atoms. The Morgan fingerprint density at radius 2 is 1.71 bits per heavy atom. The summed E-state index contributed by atoms with van der Waals surface area (Å²) in [5.41, 5.74) is 3.25. The van der Waals surface area contributed by atoms with Crippen molar-refractivity contribution in [2.24, 2.45) is 0 Å². The lowest BCUT2D eigenvalue weighted by Gasteiger charge is -2.15. The van der Waals surface area contributed by atoms with Gasteiger partial charge in [0.2, 0.25) is 0 Å². The molecule has 0 unspecified atom stereocenters. The third-order valence-electron chi connectivity index (χ3n) is 3.39. The van der Waals surface area contributed by atoms with Crippen LogP contribution in [0.2, 0.25) is 0 Å². The SMILES string of the molecule is COc1ccc(-c2c(OC)ccc(CCCO)c2Br)cc1. The van der Waals surface area contributed by atoms with Crippen LogP contribution in [0.4, 0.5) is 0 Å². The van der Waals surface area contributed by atoms with Crippen LogP contribution in [0.1, 0.15) is 12.0 Å². The molecule has 4 heteroatoms. The fourth-order valence-corrected chi connectivity index (χ4v) is 3.02. The van der Waals surface area contributed by atoms with E-state index in [2.05, 4.69) is 15.9 Å². The number of halogens is 1. The topological polar surface area (TPSA) is 38.7 Å². The van der Waals surface area contributed by atoms with Crippen molar-refractivity contribution in [2.75, 3.05) is 20.8 Å². The molecule has 0 saturated heterocycles. The van der Waals surface area contributed by atoms with Crippen molar-refractivity contribution in [2.45, 2.75) is 12.8 Å². The number of rotatable bonds is 6. The first-order valence-corrected chi connectivity index (χ1v) is 7.61. The van der Waals surface area contributed by atoms with Crippen LogP contribution in [-0.4, -0.2) is 25.9 Å². The number of hydrogen-bond donors (Lipinski definition) is 1. The van der Waals surface area contributed by atoms with E-state index >= 15 is 0 Å². The van der Waals surface area contributed by atoms with Crippen molar-refractivity contribution in [1.82, 2.24) is 0 Å². The summed E-state index contributed by atoms with van der Waals surface area (Å²) in [6, 6.07) is 11.9. The van der Waals surface area contributed by atoms with Crippen LogP contribution in [0.25, 0.3) is 11.1 Å². The summed E-state index contributed by atoms with van der Waals surface area (Å²) in [5, 5.41) is 9.01. The molecule has 0 bridgehead atoms. The van der Waals surface area contributed by atoms with Gasteiger partial charge in [0.15, 0.2) is 0 Å². The van der Waals surface area contributed by atoms with E-state index in [1.165, 1.54) is 0 Å². The van der Waals surface area contributed by atoms with Crippen molar-refractivity contribution in [1.29, 1.82) is 0 Å². The number of aliphatic hydroxyl groups excluding tert-OH is 1. The molecule has 0 aromatic heterocycles. The maximum atomic E-state index is 9.01. The zero-order valence-electron chi connectivity index (χ0n) is 12.2. The number of aliphatic hydroxyl groups is 1. The van der Waals surface area contributed by atoms with E-state index in [9.17, 15) is 0 Å². The molecule has 2 aromatic carbocycles. The van der Waals surface area contributed by atoms with Gasteiger partial charge in [0.1, 0.15) is 11.5 Å². The second kappa shape index (κ2) is 7.48.